The van der Waals surface area contributed by atoms with Crippen LogP contribution < -0.4 is 11.1 Å². The average molecular weight is 291 g/mol. The fraction of sp³-hybridized carbons (Fsp3) is 0.467. The highest BCUT2D eigenvalue weighted by Gasteiger charge is 2.40. The number of para-hydroxylation sites is 2. The van der Waals surface area contributed by atoms with E-state index in [4.69, 9.17) is 5.73 Å². The molecule has 1 saturated heterocycles. The van der Waals surface area contributed by atoms with Crippen LogP contribution in [0.5, 0.6) is 0 Å². The summed E-state index contributed by atoms with van der Waals surface area (Å²) in [7, 11) is 0. The van der Waals surface area contributed by atoms with Crippen LogP contribution in [-0.2, 0) is 4.79 Å². The van der Waals surface area contributed by atoms with Crippen molar-refractivity contribution in [1.82, 2.24) is 4.90 Å². The van der Waals surface area contributed by atoms with Crippen molar-refractivity contribution in [3.63, 3.8) is 0 Å². The van der Waals surface area contributed by atoms with Crippen molar-refractivity contribution in [2.45, 2.75) is 26.2 Å². The van der Waals surface area contributed by atoms with Gasteiger partial charge in [-0.05, 0) is 31.4 Å². The lowest BCUT2D eigenvalue weighted by Gasteiger charge is -2.38. The molecule has 114 valence electrons. The molecule has 0 saturated carbocycles. The smallest absolute Gasteiger partial charge is 0.321 e. The van der Waals surface area contributed by atoms with E-state index in [9.17, 15) is 14.7 Å². The molecule has 2 rings (SSSR count). The van der Waals surface area contributed by atoms with Crippen molar-refractivity contribution in [2.24, 2.45) is 5.41 Å². The summed E-state index contributed by atoms with van der Waals surface area (Å²) in [6, 6.07) is 6.83. The second-order valence-corrected chi connectivity index (χ2v) is 5.44. The lowest BCUT2D eigenvalue weighted by atomic mass is 9.76. The number of nitrogens with one attached hydrogen (secondary N) is 1. The van der Waals surface area contributed by atoms with Gasteiger partial charge in [0.15, 0.2) is 0 Å². The van der Waals surface area contributed by atoms with E-state index in [0.29, 0.717) is 43.7 Å². The van der Waals surface area contributed by atoms with Crippen molar-refractivity contribution in [2.75, 3.05) is 24.1 Å². The van der Waals surface area contributed by atoms with Crippen LogP contribution in [0.2, 0.25) is 0 Å². The molecule has 1 aliphatic rings. The van der Waals surface area contributed by atoms with Crippen LogP contribution in [0, 0.1) is 5.41 Å². The molecule has 1 aliphatic heterocycles. The van der Waals surface area contributed by atoms with E-state index in [1.807, 2.05) is 6.92 Å². The van der Waals surface area contributed by atoms with Gasteiger partial charge in [0.2, 0.25) is 0 Å². The molecule has 0 unspecified atom stereocenters. The van der Waals surface area contributed by atoms with Crippen molar-refractivity contribution >= 4 is 23.4 Å². The zero-order chi connectivity index (χ0) is 15.5. The van der Waals surface area contributed by atoms with Gasteiger partial charge in [-0.2, -0.15) is 0 Å². The third-order valence-corrected chi connectivity index (χ3v) is 4.34. The molecular weight excluding hydrogens is 270 g/mol. The summed E-state index contributed by atoms with van der Waals surface area (Å²) in [6.45, 7) is 2.77. The number of nitrogen functional groups attached to an aromatic ring is 1. The van der Waals surface area contributed by atoms with Crippen LogP contribution in [0.25, 0.3) is 0 Å². The van der Waals surface area contributed by atoms with E-state index in [-0.39, 0.29) is 6.03 Å². The number of aliphatic carboxylic acids is 1. The highest BCUT2D eigenvalue weighted by molar-refractivity contribution is 5.92. The minimum atomic E-state index is -0.766. The minimum Gasteiger partial charge on any atom is -0.481 e. The van der Waals surface area contributed by atoms with Gasteiger partial charge < -0.3 is 21.1 Å². The third kappa shape index (κ3) is 3.09. The summed E-state index contributed by atoms with van der Waals surface area (Å²) in [5, 5.41) is 12.1. The summed E-state index contributed by atoms with van der Waals surface area (Å²) in [5.41, 5.74) is 6.19. The highest BCUT2D eigenvalue weighted by atomic mass is 16.4. The molecule has 1 aromatic rings. The number of benzene rings is 1. The normalized spacial score (nSPS) is 17.3. The SMILES string of the molecule is CCC1(C(=O)O)CCN(C(=O)Nc2ccccc2N)CC1. The van der Waals surface area contributed by atoms with Gasteiger partial charge in [-0.15, -0.1) is 0 Å². The summed E-state index contributed by atoms with van der Waals surface area (Å²) in [6.07, 6.45) is 1.55. The Morgan fingerprint density at radius 3 is 2.48 bits per heavy atom. The first-order valence-electron chi connectivity index (χ1n) is 7.12. The second-order valence-electron chi connectivity index (χ2n) is 5.44. The van der Waals surface area contributed by atoms with Crippen LogP contribution in [0.4, 0.5) is 16.2 Å². The van der Waals surface area contributed by atoms with Crippen LogP contribution >= 0.6 is 0 Å². The zero-order valence-corrected chi connectivity index (χ0v) is 12.1. The first-order valence-corrected chi connectivity index (χ1v) is 7.12. The van der Waals surface area contributed by atoms with Crippen LogP contribution in [-0.4, -0.2) is 35.1 Å². The number of piperidine rings is 1. The maximum Gasteiger partial charge on any atom is 0.321 e. The fourth-order valence-electron chi connectivity index (χ4n) is 2.66. The van der Waals surface area contributed by atoms with E-state index in [2.05, 4.69) is 5.32 Å². The van der Waals surface area contributed by atoms with Gasteiger partial charge >= 0.3 is 12.0 Å². The largest absolute Gasteiger partial charge is 0.481 e. The average Bonchev–Trinajstić information content (AvgIpc) is 2.49. The lowest BCUT2D eigenvalue weighted by Crippen LogP contribution is -2.47. The Hall–Kier alpha value is -2.24. The van der Waals surface area contributed by atoms with E-state index in [0.717, 1.165) is 0 Å². The van der Waals surface area contributed by atoms with E-state index in [1.54, 1.807) is 29.2 Å². The number of nitrogens with two attached hydrogens (primary N) is 1. The molecular formula is C15H21N3O3. The Morgan fingerprint density at radius 1 is 1.33 bits per heavy atom. The standard InChI is InChI=1S/C15H21N3O3/c1-2-15(13(19)20)7-9-18(10-8-15)14(21)17-12-6-4-3-5-11(12)16/h3-6H,2,7-10,16H2,1H3,(H,17,21)(H,19,20). The Morgan fingerprint density at radius 2 is 1.95 bits per heavy atom. The number of anilines is 2. The summed E-state index contributed by atoms with van der Waals surface area (Å²) in [5.74, 6) is -0.766. The zero-order valence-electron chi connectivity index (χ0n) is 12.1. The van der Waals surface area contributed by atoms with Gasteiger partial charge in [0, 0.05) is 13.1 Å². The van der Waals surface area contributed by atoms with Gasteiger partial charge in [-0.3, -0.25) is 4.79 Å². The topological polar surface area (TPSA) is 95.7 Å². The van der Waals surface area contributed by atoms with Crippen LogP contribution in [0.3, 0.4) is 0 Å². The van der Waals surface area contributed by atoms with Crippen LogP contribution in [0.15, 0.2) is 24.3 Å². The van der Waals surface area contributed by atoms with Crippen molar-refractivity contribution in [3.05, 3.63) is 24.3 Å². The number of carbonyl (C=O) groups excluding carboxylic acids is 1. The molecule has 1 aromatic carbocycles. The Kier molecular flexibility index (Phi) is 4.35. The van der Waals surface area contributed by atoms with Crippen molar-refractivity contribution < 1.29 is 14.7 Å². The molecule has 0 aliphatic carbocycles. The quantitative estimate of drug-likeness (QED) is 0.745. The van der Waals surface area contributed by atoms with E-state index >= 15 is 0 Å². The number of carbonyl (C=O) groups is 2. The van der Waals surface area contributed by atoms with E-state index in [1.165, 1.54) is 0 Å². The minimum absolute atomic E-state index is 0.233. The first-order chi connectivity index (χ1) is 9.98. The van der Waals surface area contributed by atoms with Gasteiger partial charge in [0.05, 0.1) is 16.8 Å². The number of urea groups is 1. The number of amides is 2. The second kappa shape index (κ2) is 6.03. The molecule has 4 N–H and O–H groups in total. The number of carboxylic acid groups (broad SMARTS) is 1. The highest BCUT2D eigenvalue weighted by Crippen LogP contribution is 2.35. The molecule has 1 fully saturated rings. The van der Waals surface area contributed by atoms with E-state index < -0.39 is 11.4 Å². The molecule has 0 bridgehead atoms. The Labute approximate surface area is 123 Å². The van der Waals surface area contributed by atoms with Crippen LogP contribution in [0.1, 0.15) is 26.2 Å². The maximum atomic E-state index is 12.2. The van der Waals surface area contributed by atoms with Gasteiger partial charge in [-0.1, -0.05) is 19.1 Å². The number of likely N-dealkylation sites (tertiary alicyclic amines) is 1. The maximum absolute atomic E-state index is 12.2. The predicted molar refractivity (Wildman–Crippen MR) is 81.0 cm³/mol. The number of hydrogen-bond donors (Lipinski definition) is 3. The molecule has 1 heterocycles. The summed E-state index contributed by atoms with van der Waals surface area (Å²) >= 11 is 0. The first kappa shape index (κ1) is 15.2. The van der Waals surface area contributed by atoms with Gasteiger partial charge in [0.25, 0.3) is 0 Å². The third-order valence-electron chi connectivity index (χ3n) is 4.34. The Balaban J connectivity index is 1.98. The number of hydrogen-bond acceptors (Lipinski definition) is 3. The molecule has 2 amide bonds. The summed E-state index contributed by atoms with van der Waals surface area (Å²) in [4.78, 5) is 25.2. The number of rotatable bonds is 3. The molecule has 6 nitrogen and oxygen atoms in total. The molecule has 6 heteroatoms. The number of carboxylic acids is 1. The molecule has 21 heavy (non-hydrogen) atoms. The van der Waals surface area contributed by atoms with Gasteiger partial charge in [-0.25, -0.2) is 4.79 Å². The monoisotopic (exact) mass is 291 g/mol. The Bertz CT molecular complexity index is 537. The summed E-state index contributed by atoms with van der Waals surface area (Å²) < 4.78 is 0. The van der Waals surface area contributed by atoms with Crippen molar-refractivity contribution in [1.29, 1.82) is 0 Å². The van der Waals surface area contributed by atoms with Gasteiger partial charge in [0.1, 0.15) is 0 Å². The predicted octanol–water partition coefficient (Wildman–Crippen LogP) is 2.38. The fourth-order valence-corrected chi connectivity index (χ4v) is 2.66. The molecule has 0 aromatic heterocycles. The molecule has 0 spiro atoms. The number of nitrogens with zero attached hydrogens (tertiary/aromatic N) is 1. The van der Waals surface area contributed by atoms with Crippen molar-refractivity contribution in [3.8, 4) is 0 Å². The lowest BCUT2D eigenvalue weighted by molar-refractivity contribution is -0.151. The molecule has 0 atom stereocenters. The molecule has 0 radical (unpaired) electrons.